The highest BCUT2D eigenvalue weighted by atomic mass is 35.5. The molecular weight excluding hydrogens is 416 g/mol. The fraction of sp³-hybridized carbons (Fsp3) is 0.600. The zero-order chi connectivity index (χ0) is 21.0. The molecule has 9 heteroatoms. The fourth-order valence-corrected chi connectivity index (χ4v) is 5.98. The van der Waals surface area contributed by atoms with Gasteiger partial charge in [-0.25, -0.2) is 13.2 Å². The number of nitrogens with zero attached hydrogens (tertiary/aromatic N) is 1. The Kier molecular flexibility index (Phi) is 7.19. The molecule has 1 unspecified atom stereocenters. The molecule has 3 rings (SSSR count). The van der Waals surface area contributed by atoms with Gasteiger partial charge in [-0.3, -0.25) is 4.79 Å². The Morgan fingerprint density at radius 3 is 2.62 bits per heavy atom. The van der Waals surface area contributed by atoms with Crippen molar-refractivity contribution in [2.45, 2.75) is 56.4 Å². The van der Waals surface area contributed by atoms with Crippen molar-refractivity contribution in [2.24, 2.45) is 5.92 Å². The van der Waals surface area contributed by atoms with E-state index in [4.69, 9.17) is 16.3 Å². The van der Waals surface area contributed by atoms with E-state index in [2.05, 4.69) is 5.32 Å². The number of ether oxygens (including phenoxy) is 1. The summed E-state index contributed by atoms with van der Waals surface area (Å²) in [5.41, 5.74) is 0.0479. The van der Waals surface area contributed by atoms with E-state index in [1.54, 1.807) is 0 Å². The van der Waals surface area contributed by atoms with Crippen LogP contribution in [0.1, 0.15) is 55.8 Å². The highest BCUT2D eigenvalue weighted by Gasteiger charge is 2.31. The summed E-state index contributed by atoms with van der Waals surface area (Å²) >= 11 is 6.14. The van der Waals surface area contributed by atoms with Gasteiger partial charge in [-0.15, -0.1) is 0 Å². The molecule has 2 fully saturated rings. The number of amides is 1. The Morgan fingerprint density at radius 2 is 1.93 bits per heavy atom. The molecule has 1 heterocycles. The van der Waals surface area contributed by atoms with E-state index in [0.717, 1.165) is 38.5 Å². The van der Waals surface area contributed by atoms with Gasteiger partial charge in [0.2, 0.25) is 10.0 Å². The van der Waals surface area contributed by atoms with Crippen LogP contribution in [0.25, 0.3) is 0 Å². The lowest BCUT2D eigenvalue weighted by Crippen LogP contribution is -2.39. The Bertz CT molecular complexity index is 868. The molecule has 0 aromatic heterocycles. The van der Waals surface area contributed by atoms with E-state index in [1.165, 1.54) is 22.5 Å². The fourth-order valence-electron chi connectivity index (χ4n) is 3.89. The molecule has 1 saturated carbocycles. The molecule has 1 saturated heterocycles. The van der Waals surface area contributed by atoms with Crippen LogP contribution in [0, 0.1) is 5.92 Å². The molecule has 2 aliphatic rings. The number of carbonyl (C=O) groups excluding carboxylic acids is 2. The second kappa shape index (κ2) is 9.45. The number of piperidine rings is 1. The smallest absolute Gasteiger partial charge is 0.338 e. The van der Waals surface area contributed by atoms with E-state index in [0.29, 0.717) is 13.1 Å². The van der Waals surface area contributed by atoms with Gasteiger partial charge in [0.1, 0.15) is 4.90 Å². The van der Waals surface area contributed by atoms with Crippen molar-refractivity contribution in [3.63, 3.8) is 0 Å². The summed E-state index contributed by atoms with van der Waals surface area (Å²) in [5, 5.41) is 2.89. The minimum atomic E-state index is -3.81. The third-order valence-corrected chi connectivity index (χ3v) is 7.81. The SMILES string of the molecule is CC1CCCN(S(=O)(=O)c2cc(C(=O)OCC(=O)NC3CCCC3)ccc2Cl)C1. The molecule has 1 aromatic rings. The van der Waals surface area contributed by atoms with Gasteiger partial charge in [0.25, 0.3) is 5.91 Å². The largest absolute Gasteiger partial charge is 0.452 e. The van der Waals surface area contributed by atoms with Crippen molar-refractivity contribution in [2.75, 3.05) is 19.7 Å². The van der Waals surface area contributed by atoms with Crippen molar-refractivity contribution in [1.82, 2.24) is 9.62 Å². The van der Waals surface area contributed by atoms with Crippen LogP contribution in [0.5, 0.6) is 0 Å². The standard InChI is InChI=1S/C20H27ClN2O5S/c1-14-5-4-10-23(12-14)29(26,27)18-11-15(8-9-17(18)21)20(25)28-13-19(24)22-16-6-2-3-7-16/h8-9,11,14,16H,2-7,10,12-13H2,1H3,(H,22,24). The van der Waals surface area contributed by atoms with Crippen LogP contribution in [-0.4, -0.2) is 50.3 Å². The number of hydrogen-bond donors (Lipinski definition) is 1. The minimum Gasteiger partial charge on any atom is -0.452 e. The van der Waals surface area contributed by atoms with Gasteiger partial charge in [-0.1, -0.05) is 31.4 Å². The summed E-state index contributed by atoms with van der Waals surface area (Å²) in [7, 11) is -3.81. The Labute approximate surface area is 176 Å². The molecular formula is C20H27ClN2O5S. The van der Waals surface area contributed by atoms with Gasteiger partial charge in [0.05, 0.1) is 10.6 Å². The third-order valence-electron chi connectivity index (χ3n) is 5.46. The quantitative estimate of drug-likeness (QED) is 0.683. The lowest BCUT2D eigenvalue weighted by molar-refractivity contribution is -0.124. The van der Waals surface area contributed by atoms with Crippen LogP contribution < -0.4 is 5.32 Å². The Balaban J connectivity index is 1.67. The van der Waals surface area contributed by atoms with Gasteiger partial charge in [-0.2, -0.15) is 4.31 Å². The maximum absolute atomic E-state index is 13.0. The van der Waals surface area contributed by atoms with E-state index in [-0.39, 0.29) is 33.3 Å². The zero-order valence-corrected chi connectivity index (χ0v) is 18.1. The molecule has 1 aliphatic heterocycles. The second-order valence-corrected chi connectivity index (χ2v) is 10.2. The Morgan fingerprint density at radius 1 is 1.21 bits per heavy atom. The molecule has 1 aromatic carbocycles. The van der Waals surface area contributed by atoms with Gasteiger partial charge >= 0.3 is 5.97 Å². The summed E-state index contributed by atoms with van der Waals surface area (Å²) in [5.74, 6) is -0.843. The van der Waals surface area contributed by atoms with Gasteiger partial charge in [-0.05, 0) is 49.8 Å². The summed E-state index contributed by atoms with van der Waals surface area (Å²) in [4.78, 5) is 24.2. The first-order valence-corrected chi connectivity index (χ1v) is 11.9. The highest BCUT2D eigenvalue weighted by molar-refractivity contribution is 7.89. The lowest BCUT2D eigenvalue weighted by atomic mass is 10.0. The average molecular weight is 443 g/mol. The van der Waals surface area contributed by atoms with Crippen LogP contribution in [0.15, 0.2) is 23.1 Å². The average Bonchev–Trinajstić information content (AvgIpc) is 3.19. The molecule has 0 radical (unpaired) electrons. The molecule has 0 bridgehead atoms. The van der Waals surface area contributed by atoms with E-state index < -0.39 is 22.6 Å². The maximum atomic E-state index is 13.0. The normalized spacial score (nSPS) is 21.1. The summed E-state index contributed by atoms with van der Waals surface area (Å²) < 4.78 is 32.5. The van der Waals surface area contributed by atoms with E-state index >= 15 is 0 Å². The van der Waals surface area contributed by atoms with E-state index in [1.807, 2.05) is 6.92 Å². The first-order valence-electron chi connectivity index (χ1n) is 10.0. The monoisotopic (exact) mass is 442 g/mol. The highest BCUT2D eigenvalue weighted by Crippen LogP contribution is 2.29. The molecule has 1 atom stereocenters. The van der Waals surface area contributed by atoms with Crippen LogP contribution in [0.4, 0.5) is 0 Å². The molecule has 1 amide bonds. The minimum absolute atomic E-state index is 0.0479. The predicted molar refractivity (Wildman–Crippen MR) is 109 cm³/mol. The van der Waals surface area contributed by atoms with Crippen molar-refractivity contribution in [3.05, 3.63) is 28.8 Å². The molecule has 160 valence electrons. The number of esters is 1. The first kappa shape index (κ1) is 22.1. The van der Waals surface area contributed by atoms with Crippen molar-refractivity contribution >= 4 is 33.5 Å². The number of sulfonamides is 1. The van der Waals surface area contributed by atoms with E-state index in [9.17, 15) is 18.0 Å². The van der Waals surface area contributed by atoms with Crippen LogP contribution in [0.3, 0.4) is 0 Å². The summed E-state index contributed by atoms with van der Waals surface area (Å²) in [6, 6.07) is 4.14. The van der Waals surface area contributed by atoms with Crippen LogP contribution in [0.2, 0.25) is 5.02 Å². The summed E-state index contributed by atoms with van der Waals surface area (Å²) in [6.45, 7) is 2.46. The number of hydrogen-bond acceptors (Lipinski definition) is 5. The van der Waals surface area contributed by atoms with Gasteiger partial charge in [0, 0.05) is 19.1 Å². The maximum Gasteiger partial charge on any atom is 0.338 e. The topological polar surface area (TPSA) is 92.8 Å². The molecule has 1 aliphatic carbocycles. The molecule has 29 heavy (non-hydrogen) atoms. The lowest BCUT2D eigenvalue weighted by Gasteiger charge is -2.30. The van der Waals surface area contributed by atoms with Crippen molar-refractivity contribution in [3.8, 4) is 0 Å². The number of carbonyl (C=O) groups is 2. The van der Waals surface area contributed by atoms with Crippen LogP contribution in [-0.2, 0) is 19.6 Å². The Hall–Kier alpha value is -1.64. The van der Waals surface area contributed by atoms with Crippen molar-refractivity contribution in [1.29, 1.82) is 0 Å². The number of rotatable bonds is 6. The van der Waals surface area contributed by atoms with Crippen LogP contribution >= 0.6 is 11.6 Å². The van der Waals surface area contributed by atoms with Crippen molar-refractivity contribution < 1.29 is 22.7 Å². The number of benzene rings is 1. The molecule has 0 spiro atoms. The summed E-state index contributed by atoms with van der Waals surface area (Å²) in [6.07, 6.45) is 5.82. The van der Waals surface area contributed by atoms with Gasteiger partial charge < -0.3 is 10.1 Å². The number of nitrogens with one attached hydrogen (secondary N) is 1. The predicted octanol–water partition coefficient (Wildman–Crippen LogP) is 2.98. The first-order chi connectivity index (χ1) is 13.8. The third kappa shape index (κ3) is 5.49. The zero-order valence-electron chi connectivity index (χ0n) is 16.5. The molecule has 7 nitrogen and oxygen atoms in total. The van der Waals surface area contributed by atoms with Gasteiger partial charge in [0.15, 0.2) is 6.61 Å². The number of halogens is 1. The second-order valence-electron chi connectivity index (χ2n) is 7.88. The molecule has 1 N–H and O–H groups in total.